The summed E-state index contributed by atoms with van der Waals surface area (Å²) in [6.07, 6.45) is 4.42. The van der Waals surface area contributed by atoms with Crippen molar-refractivity contribution in [2.45, 2.75) is 43.1 Å². The monoisotopic (exact) mass is 348 g/mol. The van der Waals surface area contributed by atoms with Crippen LogP contribution in [0.1, 0.15) is 42.9 Å². The van der Waals surface area contributed by atoms with Gasteiger partial charge in [0.05, 0.1) is 17.2 Å². The zero-order valence-corrected chi connectivity index (χ0v) is 15.1. The fourth-order valence-corrected chi connectivity index (χ4v) is 4.00. The van der Waals surface area contributed by atoms with E-state index in [1.54, 1.807) is 0 Å². The highest BCUT2D eigenvalue weighted by Gasteiger charge is 2.53. The minimum atomic E-state index is -0.276. The highest BCUT2D eigenvalue weighted by atomic mass is 16.2. The smallest absolute Gasteiger partial charge is 0.233 e. The summed E-state index contributed by atoms with van der Waals surface area (Å²) in [5.41, 5.74) is 2.01. The lowest BCUT2D eigenvalue weighted by Crippen LogP contribution is -2.61. The first-order chi connectivity index (χ1) is 12.7. The quantitative estimate of drug-likeness (QED) is 0.834. The Kier molecular flexibility index (Phi) is 3.52. The number of carbonyl (C=O) groups excluding carboxylic acids is 1. The predicted octanol–water partition coefficient (Wildman–Crippen LogP) is 2.73. The van der Waals surface area contributed by atoms with Crippen molar-refractivity contribution in [2.75, 3.05) is 25.0 Å². The maximum atomic E-state index is 13.1. The second kappa shape index (κ2) is 5.79. The predicted molar refractivity (Wildman–Crippen MR) is 100 cm³/mol. The summed E-state index contributed by atoms with van der Waals surface area (Å²) in [4.78, 5) is 17.3. The first kappa shape index (κ1) is 15.8. The highest BCUT2D eigenvalue weighted by Crippen LogP contribution is 2.49. The molecule has 2 saturated carbocycles. The molecule has 1 aliphatic heterocycles. The van der Waals surface area contributed by atoms with E-state index >= 15 is 0 Å². The van der Waals surface area contributed by atoms with E-state index in [1.165, 1.54) is 12.8 Å². The number of aromatic nitrogens is 2. The Hall–Kier alpha value is -2.43. The fourth-order valence-electron chi connectivity index (χ4n) is 4.00. The molecule has 0 spiro atoms. The van der Waals surface area contributed by atoms with Crippen LogP contribution in [0.2, 0.25) is 0 Å². The molecule has 0 atom stereocenters. The van der Waals surface area contributed by atoms with E-state index in [9.17, 15) is 4.79 Å². The second-order valence-corrected chi connectivity index (χ2v) is 8.01. The second-order valence-electron chi connectivity index (χ2n) is 8.01. The van der Waals surface area contributed by atoms with E-state index in [0.717, 1.165) is 43.0 Å². The lowest BCUT2D eigenvalue weighted by atomic mass is 9.93. The molecule has 3 aliphatic rings. The number of hydrogen-bond donors (Lipinski definition) is 0. The van der Waals surface area contributed by atoms with Crippen molar-refractivity contribution in [3.8, 4) is 0 Å². The third kappa shape index (κ3) is 2.57. The van der Waals surface area contributed by atoms with Crippen molar-refractivity contribution in [3.63, 3.8) is 0 Å². The maximum Gasteiger partial charge on any atom is 0.233 e. The van der Waals surface area contributed by atoms with Crippen LogP contribution in [0.15, 0.2) is 42.5 Å². The van der Waals surface area contributed by atoms with Crippen molar-refractivity contribution >= 4 is 11.7 Å². The summed E-state index contributed by atoms with van der Waals surface area (Å²) in [5.74, 6) is 1.83. The van der Waals surface area contributed by atoms with Gasteiger partial charge in [0.25, 0.3) is 0 Å². The first-order valence-electron chi connectivity index (χ1n) is 9.59. The molecule has 1 aromatic carbocycles. The topological polar surface area (TPSA) is 49.3 Å². The van der Waals surface area contributed by atoms with Crippen molar-refractivity contribution in [3.05, 3.63) is 53.7 Å². The van der Waals surface area contributed by atoms with E-state index in [-0.39, 0.29) is 17.4 Å². The van der Waals surface area contributed by atoms with E-state index in [4.69, 9.17) is 0 Å². The van der Waals surface area contributed by atoms with Gasteiger partial charge in [-0.1, -0.05) is 30.3 Å². The SMILES string of the molecule is CN(C(=O)C1(c2ccccc2)CC1)C1CN(c2ccc(C3CC3)nn2)C1. The molecular formula is C21H24N4O. The summed E-state index contributed by atoms with van der Waals surface area (Å²) in [6.45, 7) is 1.68. The normalized spacial score (nSPS) is 21.2. The molecule has 1 saturated heterocycles. The third-order valence-corrected chi connectivity index (χ3v) is 6.21. The van der Waals surface area contributed by atoms with Gasteiger partial charge in [-0.15, -0.1) is 5.10 Å². The van der Waals surface area contributed by atoms with E-state index in [0.29, 0.717) is 5.92 Å². The van der Waals surface area contributed by atoms with E-state index < -0.39 is 0 Å². The molecule has 2 heterocycles. The summed E-state index contributed by atoms with van der Waals surface area (Å²) in [6, 6.07) is 14.7. The number of benzene rings is 1. The van der Waals surface area contributed by atoms with Crippen molar-refractivity contribution in [1.82, 2.24) is 15.1 Å². The maximum absolute atomic E-state index is 13.1. The van der Waals surface area contributed by atoms with Gasteiger partial charge in [-0.25, -0.2) is 0 Å². The number of carbonyl (C=O) groups is 1. The number of hydrogen-bond acceptors (Lipinski definition) is 4. The molecule has 3 fully saturated rings. The largest absolute Gasteiger partial charge is 0.351 e. The summed E-state index contributed by atoms with van der Waals surface area (Å²) >= 11 is 0. The zero-order valence-electron chi connectivity index (χ0n) is 15.1. The summed E-state index contributed by atoms with van der Waals surface area (Å²) in [7, 11) is 1.95. The number of rotatable bonds is 5. The van der Waals surface area contributed by atoms with E-state index in [2.05, 4.69) is 39.4 Å². The molecule has 5 heteroatoms. The average molecular weight is 348 g/mol. The summed E-state index contributed by atoms with van der Waals surface area (Å²) in [5, 5.41) is 8.75. The highest BCUT2D eigenvalue weighted by molar-refractivity contribution is 5.91. The summed E-state index contributed by atoms with van der Waals surface area (Å²) < 4.78 is 0. The fraction of sp³-hybridized carbons (Fsp3) is 0.476. The van der Waals surface area contributed by atoms with Gasteiger partial charge in [0, 0.05) is 26.1 Å². The van der Waals surface area contributed by atoms with Crippen LogP contribution >= 0.6 is 0 Å². The molecule has 1 aromatic heterocycles. The Bertz CT molecular complexity index is 806. The molecule has 0 unspecified atom stereocenters. The Morgan fingerprint density at radius 2 is 1.81 bits per heavy atom. The number of amides is 1. The molecule has 0 N–H and O–H groups in total. The molecule has 1 amide bonds. The molecule has 2 aliphatic carbocycles. The molecule has 0 radical (unpaired) electrons. The van der Waals surface area contributed by atoms with Gasteiger partial charge in [0.1, 0.15) is 0 Å². The molecule has 0 bridgehead atoms. The number of nitrogens with zero attached hydrogens (tertiary/aromatic N) is 4. The molecule has 2 aromatic rings. The van der Waals surface area contributed by atoms with Crippen LogP contribution in [-0.2, 0) is 10.2 Å². The lowest BCUT2D eigenvalue weighted by molar-refractivity contribution is -0.135. The first-order valence-corrected chi connectivity index (χ1v) is 9.59. The van der Waals surface area contributed by atoms with Crippen molar-refractivity contribution in [2.24, 2.45) is 0 Å². The van der Waals surface area contributed by atoms with Crippen LogP contribution in [0.3, 0.4) is 0 Å². The Morgan fingerprint density at radius 3 is 2.38 bits per heavy atom. The van der Waals surface area contributed by atoms with Gasteiger partial charge in [-0.2, -0.15) is 5.10 Å². The third-order valence-electron chi connectivity index (χ3n) is 6.21. The van der Waals surface area contributed by atoms with Crippen molar-refractivity contribution in [1.29, 1.82) is 0 Å². The van der Waals surface area contributed by atoms with Crippen LogP contribution in [0.5, 0.6) is 0 Å². The van der Waals surface area contributed by atoms with Crippen LogP contribution in [0.25, 0.3) is 0 Å². The standard InChI is InChI=1S/C21H24N4O/c1-24(20(26)21(11-12-21)16-5-3-2-4-6-16)17-13-25(14-17)19-10-9-18(22-23-19)15-7-8-15/h2-6,9-10,15,17H,7-8,11-14H2,1H3. The van der Waals surface area contributed by atoms with Gasteiger partial charge in [-0.3, -0.25) is 4.79 Å². The van der Waals surface area contributed by atoms with Crippen LogP contribution in [0.4, 0.5) is 5.82 Å². The molecule has 26 heavy (non-hydrogen) atoms. The van der Waals surface area contributed by atoms with Crippen LogP contribution in [-0.4, -0.2) is 47.2 Å². The van der Waals surface area contributed by atoms with Crippen LogP contribution < -0.4 is 4.90 Å². The number of likely N-dealkylation sites (N-methyl/N-ethyl adjacent to an activating group) is 1. The van der Waals surface area contributed by atoms with Gasteiger partial charge in [0.2, 0.25) is 5.91 Å². The van der Waals surface area contributed by atoms with Gasteiger partial charge >= 0.3 is 0 Å². The average Bonchev–Trinajstić information content (AvgIpc) is 3.55. The van der Waals surface area contributed by atoms with Gasteiger partial charge in [0.15, 0.2) is 5.82 Å². The van der Waals surface area contributed by atoms with Gasteiger partial charge in [-0.05, 0) is 43.4 Å². The van der Waals surface area contributed by atoms with E-state index in [1.807, 2.05) is 30.1 Å². The zero-order chi connectivity index (χ0) is 17.7. The molecule has 5 rings (SSSR count). The Labute approximate surface area is 154 Å². The Balaban J connectivity index is 1.22. The van der Waals surface area contributed by atoms with Crippen LogP contribution in [0, 0.1) is 0 Å². The minimum absolute atomic E-state index is 0.258. The molecular weight excluding hydrogens is 324 g/mol. The molecule has 134 valence electrons. The molecule has 5 nitrogen and oxygen atoms in total. The number of anilines is 1. The Morgan fingerprint density at radius 1 is 1.08 bits per heavy atom. The lowest BCUT2D eigenvalue weighted by Gasteiger charge is -2.45. The van der Waals surface area contributed by atoms with Crippen molar-refractivity contribution < 1.29 is 4.79 Å². The van der Waals surface area contributed by atoms with Gasteiger partial charge < -0.3 is 9.80 Å². The minimum Gasteiger partial charge on any atom is -0.351 e.